The number of carbonyl (C=O) groups excluding carboxylic acids is 1. The predicted octanol–water partition coefficient (Wildman–Crippen LogP) is 5.23. The van der Waals surface area contributed by atoms with Gasteiger partial charge in [-0.2, -0.15) is 0 Å². The van der Waals surface area contributed by atoms with Crippen LogP contribution in [-0.2, 0) is 17.8 Å². The molecule has 0 radical (unpaired) electrons. The Morgan fingerprint density at radius 2 is 1.79 bits per heavy atom. The molecule has 0 saturated heterocycles. The van der Waals surface area contributed by atoms with Crippen LogP contribution >= 0.6 is 15.9 Å². The Bertz CT molecular complexity index is 802. The Labute approximate surface area is 176 Å². The third-order valence-electron chi connectivity index (χ3n) is 5.47. The first-order chi connectivity index (χ1) is 13.5. The van der Waals surface area contributed by atoms with Crippen LogP contribution in [0.25, 0.3) is 0 Å². The molecule has 4 nitrogen and oxygen atoms in total. The second kappa shape index (κ2) is 9.46. The summed E-state index contributed by atoms with van der Waals surface area (Å²) in [5.41, 5.74) is 2.26. The second-order valence-corrected chi connectivity index (χ2v) is 8.27. The summed E-state index contributed by atoms with van der Waals surface area (Å²) in [5, 5.41) is 0. The van der Waals surface area contributed by atoms with Crippen LogP contribution in [0.5, 0.6) is 11.5 Å². The van der Waals surface area contributed by atoms with Crippen molar-refractivity contribution in [3.63, 3.8) is 0 Å². The Morgan fingerprint density at radius 3 is 2.36 bits per heavy atom. The van der Waals surface area contributed by atoms with E-state index in [9.17, 15) is 4.79 Å². The first-order valence-corrected chi connectivity index (χ1v) is 10.6. The Morgan fingerprint density at radius 1 is 1.11 bits per heavy atom. The summed E-state index contributed by atoms with van der Waals surface area (Å²) < 4.78 is 11.4. The van der Waals surface area contributed by atoms with Crippen molar-refractivity contribution in [2.45, 2.75) is 45.2 Å². The van der Waals surface area contributed by atoms with Gasteiger partial charge in [0.2, 0.25) is 5.91 Å². The largest absolute Gasteiger partial charge is 0.497 e. The fourth-order valence-electron chi connectivity index (χ4n) is 3.48. The van der Waals surface area contributed by atoms with Crippen molar-refractivity contribution >= 4 is 21.8 Å². The standard InChI is InChI=1S/C23H28BrNO3/c1-16(19-8-9-19)25(15-18-4-10-20(27-2)11-5-18)23(26)13-7-17-6-12-22(28-3)21(24)14-17/h4-6,10-12,14,16,19H,7-9,13,15H2,1-3H3. The predicted molar refractivity (Wildman–Crippen MR) is 115 cm³/mol. The molecule has 0 spiro atoms. The SMILES string of the molecule is COc1ccc(CN(C(=O)CCc2ccc(OC)c(Br)c2)C(C)C2CC2)cc1. The zero-order valence-electron chi connectivity index (χ0n) is 16.8. The van der Waals surface area contributed by atoms with Gasteiger partial charge in [-0.25, -0.2) is 0 Å². The minimum Gasteiger partial charge on any atom is -0.497 e. The maximum Gasteiger partial charge on any atom is 0.223 e. The maximum absolute atomic E-state index is 13.1. The molecule has 5 heteroatoms. The van der Waals surface area contributed by atoms with Gasteiger partial charge in [-0.15, -0.1) is 0 Å². The van der Waals surface area contributed by atoms with Gasteiger partial charge in [0.1, 0.15) is 11.5 Å². The molecule has 1 saturated carbocycles. The van der Waals surface area contributed by atoms with E-state index in [0.717, 1.165) is 33.5 Å². The summed E-state index contributed by atoms with van der Waals surface area (Å²) in [4.78, 5) is 15.1. The Balaban J connectivity index is 1.66. The second-order valence-electron chi connectivity index (χ2n) is 7.42. The van der Waals surface area contributed by atoms with E-state index in [1.807, 2.05) is 42.5 Å². The molecule has 0 aromatic heterocycles. The van der Waals surface area contributed by atoms with Crippen LogP contribution in [0.4, 0.5) is 0 Å². The minimum atomic E-state index is 0.210. The van der Waals surface area contributed by atoms with Gasteiger partial charge >= 0.3 is 0 Å². The van der Waals surface area contributed by atoms with E-state index in [0.29, 0.717) is 18.9 Å². The van der Waals surface area contributed by atoms with Gasteiger partial charge in [0, 0.05) is 19.0 Å². The maximum atomic E-state index is 13.1. The topological polar surface area (TPSA) is 38.8 Å². The molecule has 3 rings (SSSR count). The van der Waals surface area contributed by atoms with Crippen LogP contribution < -0.4 is 9.47 Å². The third kappa shape index (κ3) is 5.28. The smallest absolute Gasteiger partial charge is 0.223 e. The highest BCUT2D eigenvalue weighted by atomic mass is 79.9. The van der Waals surface area contributed by atoms with Crippen molar-refractivity contribution in [3.8, 4) is 11.5 Å². The molecule has 1 atom stereocenters. The van der Waals surface area contributed by atoms with Crippen LogP contribution in [0.2, 0.25) is 0 Å². The molecule has 1 amide bonds. The molecule has 1 unspecified atom stereocenters. The number of halogens is 1. The highest BCUT2D eigenvalue weighted by molar-refractivity contribution is 9.10. The molecule has 150 valence electrons. The summed E-state index contributed by atoms with van der Waals surface area (Å²) in [6.07, 6.45) is 3.67. The van der Waals surface area contributed by atoms with Crippen molar-refractivity contribution in [1.29, 1.82) is 0 Å². The van der Waals surface area contributed by atoms with Gasteiger partial charge in [0.15, 0.2) is 0 Å². The fraction of sp³-hybridized carbons (Fsp3) is 0.435. The number of ether oxygens (including phenoxy) is 2. The van der Waals surface area contributed by atoms with Crippen molar-refractivity contribution < 1.29 is 14.3 Å². The highest BCUT2D eigenvalue weighted by Crippen LogP contribution is 2.36. The van der Waals surface area contributed by atoms with Gasteiger partial charge in [0.25, 0.3) is 0 Å². The van der Waals surface area contributed by atoms with E-state index >= 15 is 0 Å². The number of carbonyl (C=O) groups is 1. The number of hydrogen-bond acceptors (Lipinski definition) is 3. The molecule has 2 aromatic carbocycles. The molecular formula is C23H28BrNO3. The van der Waals surface area contributed by atoms with Crippen molar-refractivity contribution in [1.82, 2.24) is 4.90 Å². The van der Waals surface area contributed by atoms with E-state index in [-0.39, 0.29) is 11.9 Å². The molecule has 28 heavy (non-hydrogen) atoms. The normalized spacial score (nSPS) is 14.4. The van der Waals surface area contributed by atoms with Crippen LogP contribution in [0.15, 0.2) is 46.9 Å². The van der Waals surface area contributed by atoms with Gasteiger partial charge in [-0.1, -0.05) is 18.2 Å². The summed E-state index contributed by atoms with van der Waals surface area (Å²) >= 11 is 3.52. The summed E-state index contributed by atoms with van der Waals surface area (Å²) in [6.45, 7) is 2.83. The average molecular weight is 446 g/mol. The molecule has 1 aliphatic rings. The lowest BCUT2D eigenvalue weighted by molar-refractivity contribution is -0.134. The van der Waals surface area contributed by atoms with Gasteiger partial charge in [0.05, 0.1) is 18.7 Å². The minimum absolute atomic E-state index is 0.210. The molecule has 0 bridgehead atoms. The monoisotopic (exact) mass is 445 g/mol. The third-order valence-corrected chi connectivity index (χ3v) is 6.09. The number of nitrogens with zero attached hydrogens (tertiary/aromatic N) is 1. The van der Waals surface area contributed by atoms with Crippen LogP contribution in [0.3, 0.4) is 0 Å². The highest BCUT2D eigenvalue weighted by Gasteiger charge is 2.34. The number of methoxy groups -OCH3 is 2. The number of aryl methyl sites for hydroxylation is 1. The Hall–Kier alpha value is -2.01. The molecule has 0 N–H and O–H groups in total. The van der Waals surface area contributed by atoms with Gasteiger partial charge in [-0.05, 0) is 83.4 Å². The number of benzene rings is 2. The van der Waals surface area contributed by atoms with E-state index in [1.165, 1.54) is 12.8 Å². The summed E-state index contributed by atoms with van der Waals surface area (Å²) in [7, 11) is 3.32. The summed E-state index contributed by atoms with van der Waals surface area (Å²) in [5.74, 6) is 2.49. The zero-order valence-corrected chi connectivity index (χ0v) is 18.4. The van der Waals surface area contributed by atoms with Crippen LogP contribution in [-0.4, -0.2) is 31.1 Å². The van der Waals surface area contributed by atoms with Crippen LogP contribution in [0, 0.1) is 5.92 Å². The molecule has 2 aromatic rings. The fourth-order valence-corrected chi connectivity index (χ4v) is 4.07. The first-order valence-electron chi connectivity index (χ1n) is 9.76. The molecule has 0 heterocycles. The zero-order chi connectivity index (χ0) is 20.1. The number of hydrogen-bond donors (Lipinski definition) is 0. The molecule has 1 fully saturated rings. The van der Waals surface area contributed by atoms with Gasteiger partial charge < -0.3 is 14.4 Å². The molecule has 1 aliphatic carbocycles. The lowest BCUT2D eigenvalue weighted by atomic mass is 10.1. The average Bonchev–Trinajstić information content (AvgIpc) is 3.55. The van der Waals surface area contributed by atoms with Crippen molar-refractivity contribution in [2.75, 3.05) is 14.2 Å². The van der Waals surface area contributed by atoms with Gasteiger partial charge in [-0.3, -0.25) is 4.79 Å². The number of rotatable bonds is 9. The van der Waals surface area contributed by atoms with E-state index < -0.39 is 0 Å². The lowest BCUT2D eigenvalue weighted by Crippen LogP contribution is -2.39. The van der Waals surface area contributed by atoms with Crippen molar-refractivity contribution in [3.05, 3.63) is 58.1 Å². The Kier molecular flexibility index (Phi) is 7.00. The van der Waals surface area contributed by atoms with E-state index in [2.05, 4.69) is 27.8 Å². The molecule has 0 aliphatic heterocycles. The number of amides is 1. The quantitative estimate of drug-likeness (QED) is 0.530. The lowest BCUT2D eigenvalue weighted by Gasteiger charge is -2.30. The summed E-state index contributed by atoms with van der Waals surface area (Å²) in [6, 6.07) is 14.3. The van der Waals surface area contributed by atoms with Crippen LogP contribution in [0.1, 0.15) is 37.3 Å². The van der Waals surface area contributed by atoms with E-state index in [1.54, 1.807) is 14.2 Å². The molecular weight excluding hydrogens is 418 g/mol. The van der Waals surface area contributed by atoms with Crippen molar-refractivity contribution in [2.24, 2.45) is 5.92 Å². The first kappa shape index (κ1) is 20.7. The van der Waals surface area contributed by atoms with E-state index in [4.69, 9.17) is 9.47 Å².